The van der Waals surface area contributed by atoms with E-state index in [0.717, 1.165) is 62.8 Å². The van der Waals surface area contributed by atoms with Crippen LogP contribution in [0, 0.1) is 0 Å². The van der Waals surface area contributed by atoms with Crippen molar-refractivity contribution in [3.05, 3.63) is 22.4 Å². The highest BCUT2D eigenvalue weighted by Gasteiger charge is 2.11. The average Bonchev–Trinajstić information content (AvgIpc) is 2.89. The number of nitrogens with one attached hydrogen (secondary N) is 1. The molecule has 1 aliphatic rings. The van der Waals surface area contributed by atoms with Crippen LogP contribution in [0.4, 0.5) is 0 Å². The first-order valence-electron chi connectivity index (χ1n) is 8.63. The maximum Gasteiger partial charge on any atom is 0.193 e. The molecule has 0 amide bonds. The Morgan fingerprint density at radius 2 is 2.08 bits per heavy atom. The largest absolute Gasteiger partial charge is 0.379 e. The summed E-state index contributed by atoms with van der Waals surface area (Å²) in [4.78, 5) is 9.03. The smallest absolute Gasteiger partial charge is 0.193 e. The van der Waals surface area contributed by atoms with E-state index in [4.69, 9.17) is 4.74 Å². The molecule has 1 aromatic heterocycles. The molecule has 0 bridgehead atoms. The molecule has 25 heavy (non-hydrogen) atoms. The summed E-state index contributed by atoms with van der Waals surface area (Å²) in [5.74, 6) is 0.943. The van der Waals surface area contributed by atoms with Gasteiger partial charge in [0.1, 0.15) is 0 Å². The van der Waals surface area contributed by atoms with Gasteiger partial charge in [0.2, 0.25) is 0 Å². The van der Waals surface area contributed by atoms with Crippen molar-refractivity contribution >= 4 is 45.9 Å². The molecule has 0 aliphatic carbocycles. The van der Waals surface area contributed by atoms with Crippen LogP contribution in [0.15, 0.2) is 21.7 Å². The highest BCUT2D eigenvalue weighted by atomic mass is 127. The molecule has 0 aromatic carbocycles. The molecule has 0 unspecified atom stereocenters. The number of guanidine groups is 1. The second kappa shape index (κ2) is 12.1. The lowest BCUT2D eigenvalue weighted by atomic mass is 10.2. The standard InChI is InChI=1S/C17H30BrN5O.HI/c1-19-17(22(3)14-16-12-15(18)13-21(16)2)20-6-4-5-7-23-8-10-24-11-9-23;/h12-13H,4-11,14H2,1-3H3,(H,19,20);1H. The first-order chi connectivity index (χ1) is 11.6. The number of aryl methyl sites for hydroxylation is 1. The summed E-state index contributed by atoms with van der Waals surface area (Å²) >= 11 is 3.52. The Balaban J connectivity index is 0.00000312. The third kappa shape index (κ3) is 7.84. The molecule has 1 saturated heterocycles. The quantitative estimate of drug-likeness (QED) is 0.256. The summed E-state index contributed by atoms with van der Waals surface area (Å²) in [7, 11) is 5.98. The van der Waals surface area contributed by atoms with Gasteiger partial charge in [-0.05, 0) is 41.4 Å². The van der Waals surface area contributed by atoms with Gasteiger partial charge in [-0.2, -0.15) is 0 Å². The van der Waals surface area contributed by atoms with Gasteiger partial charge in [0.05, 0.1) is 19.8 Å². The van der Waals surface area contributed by atoms with Gasteiger partial charge in [0.25, 0.3) is 0 Å². The Labute approximate surface area is 177 Å². The van der Waals surface area contributed by atoms with E-state index in [1.54, 1.807) is 0 Å². The van der Waals surface area contributed by atoms with Crippen LogP contribution in [-0.4, -0.2) is 73.8 Å². The van der Waals surface area contributed by atoms with E-state index in [0.29, 0.717) is 0 Å². The molecule has 8 heteroatoms. The van der Waals surface area contributed by atoms with E-state index in [2.05, 4.69) is 67.0 Å². The number of hydrogen-bond acceptors (Lipinski definition) is 3. The van der Waals surface area contributed by atoms with E-state index in [-0.39, 0.29) is 24.0 Å². The number of rotatable bonds is 7. The highest BCUT2D eigenvalue weighted by molar-refractivity contribution is 14.0. The number of aromatic nitrogens is 1. The van der Waals surface area contributed by atoms with Gasteiger partial charge in [-0.1, -0.05) is 0 Å². The summed E-state index contributed by atoms with van der Waals surface area (Å²) in [5.41, 5.74) is 1.25. The molecule has 2 rings (SSSR count). The second-order valence-electron chi connectivity index (χ2n) is 6.25. The fourth-order valence-electron chi connectivity index (χ4n) is 2.91. The fourth-order valence-corrected chi connectivity index (χ4v) is 3.48. The minimum absolute atomic E-state index is 0. The molecule has 1 aromatic rings. The Bertz CT molecular complexity index is 531. The predicted octanol–water partition coefficient (Wildman–Crippen LogP) is 2.53. The normalized spacial score (nSPS) is 15.8. The maximum absolute atomic E-state index is 5.38. The van der Waals surface area contributed by atoms with E-state index >= 15 is 0 Å². The molecule has 1 N–H and O–H groups in total. The third-order valence-electron chi connectivity index (χ3n) is 4.33. The summed E-state index contributed by atoms with van der Waals surface area (Å²) in [6, 6.07) is 2.14. The Morgan fingerprint density at radius 3 is 2.68 bits per heavy atom. The van der Waals surface area contributed by atoms with Gasteiger partial charge < -0.3 is 19.5 Å². The fraction of sp³-hybridized carbons (Fsp3) is 0.706. The number of morpholine rings is 1. The van der Waals surface area contributed by atoms with Crippen LogP contribution in [0.3, 0.4) is 0 Å². The molecule has 1 aliphatic heterocycles. The lowest BCUT2D eigenvalue weighted by Crippen LogP contribution is -2.40. The number of hydrogen-bond donors (Lipinski definition) is 1. The van der Waals surface area contributed by atoms with Gasteiger partial charge in [0, 0.05) is 57.1 Å². The number of halogens is 2. The van der Waals surface area contributed by atoms with Gasteiger partial charge in [-0.25, -0.2) is 0 Å². The van der Waals surface area contributed by atoms with Crippen molar-refractivity contribution < 1.29 is 4.74 Å². The monoisotopic (exact) mass is 527 g/mol. The number of ether oxygens (including phenoxy) is 1. The summed E-state index contributed by atoms with van der Waals surface area (Å²) < 4.78 is 8.62. The molecule has 2 heterocycles. The summed E-state index contributed by atoms with van der Waals surface area (Å²) in [6.07, 6.45) is 4.43. The zero-order valence-corrected chi connectivity index (χ0v) is 19.4. The van der Waals surface area contributed by atoms with Crippen LogP contribution < -0.4 is 5.32 Å². The zero-order valence-electron chi connectivity index (χ0n) is 15.5. The van der Waals surface area contributed by atoms with Crippen LogP contribution in [0.5, 0.6) is 0 Å². The van der Waals surface area contributed by atoms with Crippen LogP contribution in [0.2, 0.25) is 0 Å². The molecule has 1 fully saturated rings. The average molecular weight is 528 g/mol. The van der Waals surface area contributed by atoms with Gasteiger partial charge >= 0.3 is 0 Å². The van der Waals surface area contributed by atoms with Crippen LogP contribution in [0.25, 0.3) is 0 Å². The molecule has 0 spiro atoms. The Kier molecular flexibility index (Phi) is 11.0. The Morgan fingerprint density at radius 1 is 1.36 bits per heavy atom. The second-order valence-corrected chi connectivity index (χ2v) is 7.17. The number of nitrogens with zero attached hydrogens (tertiary/aromatic N) is 4. The number of aliphatic imine (C=N–C) groups is 1. The van der Waals surface area contributed by atoms with E-state index < -0.39 is 0 Å². The van der Waals surface area contributed by atoms with E-state index in [1.807, 2.05) is 7.05 Å². The van der Waals surface area contributed by atoms with Crippen molar-refractivity contribution in [1.82, 2.24) is 19.7 Å². The van der Waals surface area contributed by atoms with Crippen molar-refractivity contribution in [3.8, 4) is 0 Å². The van der Waals surface area contributed by atoms with Gasteiger partial charge in [-0.3, -0.25) is 9.89 Å². The van der Waals surface area contributed by atoms with Gasteiger partial charge in [-0.15, -0.1) is 24.0 Å². The lowest BCUT2D eigenvalue weighted by Gasteiger charge is -2.26. The molecule has 0 atom stereocenters. The van der Waals surface area contributed by atoms with Crippen LogP contribution in [0.1, 0.15) is 18.5 Å². The Hall–Kier alpha value is -0.320. The predicted molar refractivity (Wildman–Crippen MR) is 118 cm³/mol. The maximum atomic E-state index is 5.38. The highest BCUT2D eigenvalue weighted by Crippen LogP contribution is 2.14. The van der Waals surface area contributed by atoms with E-state index in [9.17, 15) is 0 Å². The lowest BCUT2D eigenvalue weighted by molar-refractivity contribution is 0.0372. The SMILES string of the molecule is CN=C(NCCCCN1CCOCC1)N(C)Cc1cc(Br)cn1C.I. The van der Waals surface area contributed by atoms with Crippen molar-refractivity contribution in [3.63, 3.8) is 0 Å². The van der Waals surface area contributed by atoms with Crippen molar-refractivity contribution in [2.75, 3.05) is 53.5 Å². The van der Waals surface area contributed by atoms with Crippen molar-refractivity contribution in [1.29, 1.82) is 0 Å². The van der Waals surface area contributed by atoms with Crippen LogP contribution >= 0.6 is 39.9 Å². The first kappa shape index (κ1) is 22.7. The summed E-state index contributed by atoms with van der Waals surface area (Å²) in [6.45, 7) is 6.86. The minimum Gasteiger partial charge on any atom is -0.379 e. The first-order valence-corrected chi connectivity index (χ1v) is 9.42. The van der Waals surface area contributed by atoms with E-state index in [1.165, 1.54) is 12.1 Å². The molecule has 144 valence electrons. The van der Waals surface area contributed by atoms with Crippen molar-refractivity contribution in [2.24, 2.45) is 12.0 Å². The molecule has 0 saturated carbocycles. The minimum atomic E-state index is 0. The zero-order chi connectivity index (χ0) is 17.4. The molecule has 6 nitrogen and oxygen atoms in total. The molecular weight excluding hydrogens is 497 g/mol. The van der Waals surface area contributed by atoms with Crippen LogP contribution in [-0.2, 0) is 18.3 Å². The summed E-state index contributed by atoms with van der Waals surface area (Å²) in [5, 5.41) is 3.47. The molecular formula is C17H31BrIN5O. The molecule has 0 radical (unpaired) electrons. The topological polar surface area (TPSA) is 45.0 Å². The number of unbranched alkanes of at least 4 members (excludes halogenated alkanes) is 1. The third-order valence-corrected chi connectivity index (χ3v) is 4.77. The van der Waals surface area contributed by atoms with Gasteiger partial charge in [0.15, 0.2) is 5.96 Å². The van der Waals surface area contributed by atoms with Crippen molar-refractivity contribution in [2.45, 2.75) is 19.4 Å².